The number of alkyl halides is 2. The van der Waals surface area contributed by atoms with E-state index in [4.69, 9.17) is 0 Å². The van der Waals surface area contributed by atoms with Gasteiger partial charge in [0, 0.05) is 24.2 Å². The molecule has 2 N–H and O–H groups in total. The van der Waals surface area contributed by atoms with Crippen LogP contribution in [-0.2, 0) is 7.05 Å². The smallest absolute Gasteiger partial charge is 0.277 e. The van der Waals surface area contributed by atoms with Crippen LogP contribution in [0.4, 0.5) is 8.78 Å². The van der Waals surface area contributed by atoms with Crippen molar-refractivity contribution in [2.24, 2.45) is 7.05 Å². The van der Waals surface area contributed by atoms with Gasteiger partial charge >= 0.3 is 0 Å². The van der Waals surface area contributed by atoms with Gasteiger partial charge in [-0.2, -0.15) is 10.2 Å². The number of nitrogens with zero attached hydrogens (tertiary/aromatic N) is 4. The molecular formula is C19H22F2N6O. The molecule has 0 aliphatic carbocycles. The number of carbonyl (C=O) groups is 1. The second kappa shape index (κ2) is 7.31. The third kappa shape index (κ3) is 3.89. The average Bonchev–Trinajstić information content (AvgIpc) is 3.39. The topological polar surface area (TPSA) is 78.8 Å². The highest BCUT2D eigenvalue weighted by molar-refractivity contribution is 6.05. The van der Waals surface area contributed by atoms with Crippen LogP contribution in [0.25, 0.3) is 22.0 Å². The zero-order valence-corrected chi connectivity index (χ0v) is 15.6. The summed E-state index contributed by atoms with van der Waals surface area (Å²) in [5.41, 5.74) is 2.55. The molecule has 1 amide bonds. The van der Waals surface area contributed by atoms with Crippen molar-refractivity contribution >= 4 is 16.8 Å². The van der Waals surface area contributed by atoms with Crippen LogP contribution < -0.4 is 5.32 Å². The third-order valence-electron chi connectivity index (χ3n) is 4.98. The van der Waals surface area contributed by atoms with Crippen LogP contribution in [0.5, 0.6) is 0 Å². The SMILES string of the molecule is Cn1cc(-c2ccc3[nH]nc(C(=O)NCC(F)(F)CN4CCCC4)c3c2)cn1. The quantitative estimate of drug-likeness (QED) is 0.680. The summed E-state index contributed by atoms with van der Waals surface area (Å²) in [6, 6.07) is 5.51. The molecule has 7 nitrogen and oxygen atoms in total. The lowest BCUT2D eigenvalue weighted by molar-refractivity contribution is -0.0243. The summed E-state index contributed by atoms with van der Waals surface area (Å²) >= 11 is 0. The second-order valence-corrected chi connectivity index (χ2v) is 7.26. The van der Waals surface area contributed by atoms with E-state index in [0.29, 0.717) is 24.0 Å². The minimum atomic E-state index is -2.98. The van der Waals surface area contributed by atoms with Gasteiger partial charge in [0.15, 0.2) is 5.69 Å². The molecule has 0 unspecified atom stereocenters. The number of hydrogen-bond donors (Lipinski definition) is 2. The molecule has 1 aliphatic heterocycles. The van der Waals surface area contributed by atoms with Crippen LogP contribution in [0.2, 0.25) is 0 Å². The molecule has 1 saturated heterocycles. The van der Waals surface area contributed by atoms with Crippen molar-refractivity contribution in [3.8, 4) is 11.1 Å². The molecule has 1 aliphatic rings. The lowest BCUT2D eigenvalue weighted by atomic mass is 10.1. The maximum absolute atomic E-state index is 14.2. The fourth-order valence-electron chi connectivity index (χ4n) is 3.55. The molecule has 28 heavy (non-hydrogen) atoms. The number of fused-ring (bicyclic) bond motifs is 1. The van der Waals surface area contributed by atoms with Gasteiger partial charge in [-0.1, -0.05) is 6.07 Å². The molecule has 9 heteroatoms. The Labute approximate surface area is 160 Å². The van der Waals surface area contributed by atoms with Crippen molar-refractivity contribution in [1.29, 1.82) is 0 Å². The molecule has 148 valence electrons. The van der Waals surface area contributed by atoms with Crippen molar-refractivity contribution in [3.63, 3.8) is 0 Å². The number of amides is 1. The number of H-pyrrole nitrogens is 1. The summed E-state index contributed by atoms with van der Waals surface area (Å²) in [5, 5.41) is 13.9. The highest BCUT2D eigenvalue weighted by Gasteiger charge is 2.33. The van der Waals surface area contributed by atoms with Gasteiger partial charge in [-0.3, -0.25) is 19.5 Å². The first-order valence-corrected chi connectivity index (χ1v) is 9.27. The maximum atomic E-state index is 14.2. The van der Waals surface area contributed by atoms with E-state index in [0.717, 1.165) is 24.0 Å². The van der Waals surface area contributed by atoms with Crippen molar-refractivity contribution < 1.29 is 13.6 Å². The molecule has 1 fully saturated rings. The molecule has 3 aromatic rings. The van der Waals surface area contributed by atoms with Gasteiger partial charge in [0.1, 0.15) is 0 Å². The highest BCUT2D eigenvalue weighted by atomic mass is 19.3. The van der Waals surface area contributed by atoms with Crippen LogP contribution in [0, 0.1) is 0 Å². The molecule has 3 heterocycles. The van der Waals surface area contributed by atoms with Gasteiger partial charge in [-0.05, 0) is 43.6 Å². The first-order chi connectivity index (χ1) is 13.4. The van der Waals surface area contributed by atoms with E-state index in [1.54, 1.807) is 15.8 Å². The van der Waals surface area contributed by atoms with Crippen molar-refractivity contribution in [3.05, 3.63) is 36.3 Å². The average molecular weight is 388 g/mol. The Morgan fingerprint density at radius 2 is 2.07 bits per heavy atom. The number of nitrogens with one attached hydrogen (secondary N) is 2. The monoisotopic (exact) mass is 388 g/mol. The largest absolute Gasteiger partial charge is 0.345 e. The Morgan fingerprint density at radius 1 is 1.29 bits per heavy atom. The standard InChI is InChI=1S/C19H22F2N6O/c1-26-10-14(9-23-26)13-4-5-16-15(8-13)17(25-24-16)18(28)22-11-19(20,21)12-27-6-2-3-7-27/h4-5,8-10H,2-3,6-7,11-12H2,1H3,(H,22,28)(H,24,25). The molecular weight excluding hydrogens is 366 g/mol. The lowest BCUT2D eigenvalue weighted by Crippen LogP contribution is -2.44. The van der Waals surface area contributed by atoms with E-state index in [1.165, 1.54) is 0 Å². The third-order valence-corrected chi connectivity index (χ3v) is 4.98. The first-order valence-electron chi connectivity index (χ1n) is 9.27. The van der Waals surface area contributed by atoms with E-state index < -0.39 is 18.4 Å². The normalized spacial score (nSPS) is 15.4. The molecule has 1 aromatic carbocycles. The van der Waals surface area contributed by atoms with Crippen LogP contribution in [-0.4, -0.2) is 62.9 Å². The molecule has 4 rings (SSSR count). The Morgan fingerprint density at radius 3 is 2.79 bits per heavy atom. The number of aromatic amines is 1. The van der Waals surface area contributed by atoms with Crippen molar-refractivity contribution in [1.82, 2.24) is 30.2 Å². The maximum Gasteiger partial charge on any atom is 0.277 e. The van der Waals surface area contributed by atoms with Crippen LogP contribution >= 0.6 is 0 Å². The van der Waals surface area contributed by atoms with E-state index in [1.807, 2.05) is 31.4 Å². The summed E-state index contributed by atoms with van der Waals surface area (Å²) < 4.78 is 30.1. The number of halogens is 2. The van der Waals surface area contributed by atoms with E-state index in [9.17, 15) is 13.6 Å². The molecule has 0 atom stereocenters. The highest BCUT2D eigenvalue weighted by Crippen LogP contribution is 2.25. The predicted molar refractivity (Wildman–Crippen MR) is 101 cm³/mol. The fraction of sp³-hybridized carbons (Fsp3) is 0.421. The number of benzene rings is 1. The van der Waals surface area contributed by atoms with E-state index >= 15 is 0 Å². The van der Waals surface area contributed by atoms with Crippen molar-refractivity contribution in [2.75, 3.05) is 26.2 Å². The van der Waals surface area contributed by atoms with E-state index in [-0.39, 0.29) is 12.2 Å². The first kappa shape index (κ1) is 18.5. The zero-order valence-electron chi connectivity index (χ0n) is 15.6. The van der Waals surface area contributed by atoms with Crippen molar-refractivity contribution in [2.45, 2.75) is 18.8 Å². The predicted octanol–water partition coefficient (Wildman–Crippen LogP) is 2.42. The number of rotatable bonds is 6. The molecule has 0 bridgehead atoms. The Kier molecular flexibility index (Phi) is 4.84. The second-order valence-electron chi connectivity index (χ2n) is 7.26. The zero-order chi connectivity index (χ0) is 19.7. The Hall–Kier alpha value is -2.81. The summed E-state index contributed by atoms with van der Waals surface area (Å²) in [4.78, 5) is 14.2. The van der Waals surface area contributed by atoms with Crippen LogP contribution in [0.3, 0.4) is 0 Å². The van der Waals surface area contributed by atoms with Gasteiger partial charge in [0.2, 0.25) is 0 Å². The Balaban J connectivity index is 1.49. The number of aromatic nitrogens is 4. The summed E-state index contributed by atoms with van der Waals surface area (Å²) in [7, 11) is 1.82. The molecule has 0 spiro atoms. The summed E-state index contributed by atoms with van der Waals surface area (Å²) in [6.45, 7) is 0.327. The van der Waals surface area contributed by atoms with E-state index in [2.05, 4.69) is 20.6 Å². The van der Waals surface area contributed by atoms with Gasteiger partial charge in [0.25, 0.3) is 11.8 Å². The molecule has 2 aromatic heterocycles. The number of carbonyl (C=O) groups excluding carboxylic acids is 1. The minimum Gasteiger partial charge on any atom is -0.345 e. The minimum absolute atomic E-state index is 0.109. The van der Waals surface area contributed by atoms with Gasteiger partial charge in [-0.25, -0.2) is 8.78 Å². The van der Waals surface area contributed by atoms with Gasteiger partial charge in [0.05, 0.1) is 24.8 Å². The van der Waals surface area contributed by atoms with Gasteiger partial charge in [-0.15, -0.1) is 0 Å². The lowest BCUT2D eigenvalue weighted by Gasteiger charge is -2.23. The molecule has 0 saturated carbocycles. The Bertz CT molecular complexity index is 989. The number of likely N-dealkylation sites (tertiary alicyclic amines) is 1. The number of hydrogen-bond acceptors (Lipinski definition) is 4. The number of aryl methyl sites for hydroxylation is 1. The fourth-order valence-corrected chi connectivity index (χ4v) is 3.55. The summed E-state index contributed by atoms with van der Waals surface area (Å²) in [6.07, 6.45) is 5.47. The van der Waals surface area contributed by atoms with Crippen LogP contribution in [0.15, 0.2) is 30.6 Å². The molecule has 0 radical (unpaired) electrons. The van der Waals surface area contributed by atoms with Crippen LogP contribution in [0.1, 0.15) is 23.3 Å². The summed E-state index contributed by atoms with van der Waals surface area (Å²) in [5.74, 6) is -3.59. The van der Waals surface area contributed by atoms with Gasteiger partial charge < -0.3 is 5.32 Å².